The average molecular weight is 353 g/mol. The molecular formula is C19H19N3O4. The Morgan fingerprint density at radius 1 is 1.15 bits per heavy atom. The van der Waals surface area contributed by atoms with Gasteiger partial charge < -0.3 is 20.7 Å². The van der Waals surface area contributed by atoms with Crippen LogP contribution in [-0.4, -0.2) is 31.4 Å². The maximum Gasteiger partial charge on any atom is 0.262 e. The van der Waals surface area contributed by atoms with E-state index in [1.54, 1.807) is 36.4 Å². The Bertz CT molecular complexity index is 864. The van der Waals surface area contributed by atoms with Crippen molar-refractivity contribution in [2.24, 2.45) is 0 Å². The number of benzene rings is 2. The predicted octanol–water partition coefficient (Wildman–Crippen LogP) is 1.95. The van der Waals surface area contributed by atoms with Crippen LogP contribution in [0.5, 0.6) is 5.75 Å². The molecule has 0 spiro atoms. The van der Waals surface area contributed by atoms with Crippen molar-refractivity contribution in [3.8, 4) is 5.75 Å². The van der Waals surface area contributed by atoms with E-state index in [4.69, 9.17) is 4.74 Å². The van der Waals surface area contributed by atoms with E-state index < -0.39 is 0 Å². The SMILES string of the molecule is CNC(=O)c1ccccc1NC(=O)COc1ccc2c(c1)CCC(=O)N2. The van der Waals surface area contributed by atoms with Crippen LogP contribution in [0.2, 0.25) is 0 Å². The number of ether oxygens (including phenoxy) is 1. The summed E-state index contributed by atoms with van der Waals surface area (Å²) >= 11 is 0. The molecule has 2 aromatic rings. The minimum atomic E-state index is -0.368. The van der Waals surface area contributed by atoms with Gasteiger partial charge in [0.15, 0.2) is 6.61 Å². The van der Waals surface area contributed by atoms with Crippen LogP contribution in [0.15, 0.2) is 42.5 Å². The number of anilines is 2. The first kappa shape index (κ1) is 17.5. The van der Waals surface area contributed by atoms with Gasteiger partial charge in [0.2, 0.25) is 5.91 Å². The third kappa shape index (κ3) is 4.00. The number of para-hydroxylation sites is 1. The largest absolute Gasteiger partial charge is 0.484 e. The van der Waals surface area contributed by atoms with E-state index in [0.29, 0.717) is 29.8 Å². The van der Waals surface area contributed by atoms with Gasteiger partial charge in [0.1, 0.15) is 5.75 Å². The smallest absolute Gasteiger partial charge is 0.262 e. The van der Waals surface area contributed by atoms with Crippen LogP contribution in [-0.2, 0) is 16.0 Å². The molecule has 0 fully saturated rings. The number of hydrogen-bond donors (Lipinski definition) is 3. The highest BCUT2D eigenvalue weighted by Gasteiger charge is 2.16. The number of nitrogens with one attached hydrogen (secondary N) is 3. The fraction of sp³-hybridized carbons (Fsp3) is 0.211. The van der Waals surface area contributed by atoms with Crippen molar-refractivity contribution < 1.29 is 19.1 Å². The molecule has 0 atom stereocenters. The predicted molar refractivity (Wildman–Crippen MR) is 97.3 cm³/mol. The zero-order chi connectivity index (χ0) is 18.5. The molecule has 134 valence electrons. The van der Waals surface area contributed by atoms with E-state index in [-0.39, 0.29) is 24.3 Å². The molecule has 0 unspecified atom stereocenters. The Balaban J connectivity index is 1.62. The molecular weight excluding hydrogens is 334 g/mol. The quantitative estimate of drug-likeness (QED) is 0.765. The molecule has 0 aromatic heterocycles. The average Bonchev–Trinajstić information content (AvgIpc) is 2.66. The molecule has 3 amide bonds. The fourth-order valence-electron chi connectivity index (χ4n) is 2.71. The van der Waals surface area contributed by atoms with Crippen LogP contribution in [0.4, 0.5) is 11.4 Å². The van der Waals surface area contributed by atoms with Gasteiger partial charge in [-0.2, -0.15) is 0 Å². The first-order valence-electron chi connectivity index (χ1n) is 8.23. The van der Waals surface area contributed by atoms with E-state index >= 15 is 0 Å². The summed E-state index contributed by atoms with van der Waals surface area (Å²) in [7, 11) is 1.53. The van der Waals surface area contributed by atoms with E-state index in [1.807, 2.05) is 6.07 Å². The molecule has 7 nitrogen and oxygen atoms in total. The minimum Gasteiger partial charge on any atom is -0.484 e. The molecule has 1 heterocycles. The first-order chi connectivity index (χ1) is 12.6. The second kappa shape index (κ2) is 7.69. The summed E-state index contributed by atoms with van der Waals surface area (Å²) in [6, 6.07) is 12.0. The Morgan fingerprint density at radius 3 is 2.77 bits per heavy atom. The molecule has 7 heteroatoms. The van der Waals surface area contributed by atoms with Crippen molar-refractivity contribution in [1.82, 2.24) is 5.32 Å². The summed E-state index contributed by atoms with van der Waals surface area (Å²) in [6.07, 6.45) is 1.08. The minimum absolute atomic E-state index is 0.000303. The monoisotopic (exact) mass is 353 g/mol. The molecule has 26 heavy (non-hydrogen) atoms. The lowest BCUT2D eigenvalue weighted by atomic mass is 10.0. The topological polar surface area (TPSA) is 96.5 Å². The van der Waals surface area contributed by atoms with Crippen molar-refractivity contribution in [2.45, 2.75) is 12.8 Å². The summed E-state index contributed by atoms with van der Waals surface area (Å²) in [5.41, 5.74) is 2.56. The lowest BCUT2D eigenvalue weighted by Crippen LogP contribution is -2.24. The summed E-state index contributed by atoms with van der Waals surface area (Å²) in [5.74, 6) is -0.0964. The van der Waals surface area contributed by atoms with Gasteiger partial charge in [-0.25, -0.2) is 0 Å². The molecule has 0 aliphatic carbocycles. The highest BCUT2D eigenvalue weighted by atomic mass is 16.5. The molecule has 0 saturated heterocycles. The van der Waals surface area contributed by atoms with Crippen molar-refractivity contribution in [1.29, 1.82) is 0 Å². The highest BCUT2D eigenvalue weighted by molar-refractivity contribution is 6.03. The van der Waals surface area contributed by atoms with Crippen molar-refractivity contribution in [3.05, 3.63) is 53.6 Å². The van der Waals surface area contributed by atoms with Gasteiger partial charge in [-0.15, -0.1) is 0 Å². The second-order valence-corrected chi connectivity index (χ2v) is 5.83. The van der Waals surface area contributed by atoms with Crippen LogP contribution in [0, 0.1) is 0 Å². The summed E-state index contributed by atoms with van der Waals surface area (Å²) < 4.78 is 5.53. The van der Waals surface area contributed by atoms with E-state index in [0.717, 1.165) is 11.3 Å². The van der Waals surface area contributed by atoms with Gasteiger partial charge in [0.25, 0.3) is 11.8 Å². The van der Waals surface area contributed by atoms with Crippen LogP contribution in [0.25, 0.3) is 0 Å². The number of aryl methyl sites for hydroxylation is 1. The van der Waals surface area contributed by atoms with Gasteiger partial charge in [-0.05, 0) is 42.3 Å². The number of rotatable bonds is 5. The second-order valence-electron chi connectivity index (χ2n) is 5.83. The molecule has 0 radical (unpaired) electrons. The van der Waals surface area contributed by atoms with Gasteiger partial charge in [-0.1, -0.05) is 12.1 Å². The lowest BCUT2D eigenvalue weighted by molar-refractivity contribution is -0.118. The van der Waals surface area contributed by atoms with Gasteiger partial charge in [0, 0.05) is 19.2 Å². The third-order valence-corrected chi connectivity index (χ3v) is 4.01. The zero-order valence-electron chi connectivity index (χ0n) is 14.3. The Kier molecular flexibility index (Phi) is 5.17. The summed E-state index contributed by atoms with van der Waals surface area (Å²) in [5, 5.41) is 8.01. The normalized spacial score (nSPS) is 12.6. The summed E-state index contributed by atoms with van der Waals surface area (Å²) in [4.78, 5) is 35.4. The Labute approximate surface area is 150 Å². The molecule has 2 aromatic carbocycles. The number of amides is 3. The molecule has 1 aliphatic rings. The third-order valence-electron chi connectivity index (χ3n) is 4.01. The first-order valence-corrected chi connectivity index (χ1v) is 8.23. The highest BCUT2D eigenvalue weighted by Crippen LogP contribution is 2.26. The Morgan fingerprint density at radius 2 is 1.96 bits per heavy atom. The fourth-order valence-corrected chi connectivity index (χ4v) is 2.71. The van der Waals surface area contributed by atoms with Gasteiger partial charge in [0.05, 0.1) is 11.3 Å². The van der Waals surface area contributed by atoms with Crippen LogP contribution in [0.1, 0.15) is 22.3 Å². The Hall–Kier alpha value is -3.35. The van der Waals surface area contributed by atoms with Gasteiger partial charge in [-0.3, -0.25) is 14.4 Å². The number of carbonyl (C=O) groups excluding carboxylic acids is 3. The number of hydrogen-bond acceptors (Lipinski definition) is 4. The number of fused-ring (bicyclic) bond motifs is 1. The standard InChI is InChI=1S/C19H19N3O4/c1-20-19(25)14-4-2-3-5-16(14)22-18(24)11-26-13-7-8-15-12(10-13)6-9-17(23)21-15/h2-5,7-8,10H,6,9,11H2,1H3,(H,20,25)(H,21,23)(H,22,24). The van der Waals surface area contributed by atoms with Crippen LogP contribution >= 0.6 is 0 Å². The van der Waals surface area contributed by atoms with E-state index in [9.17, 15) is 14.4 Å². The molecule has 0 bridgehead atoms. The van der Waals surface area contributed by atoms with Crippen LogP contribution < -0.4 is 20.7 Å². The zero-order valence-corrected chi connectivity index (χ0v) is 14.3. The number of carbonyl (C=O) groups is 3. The molecule has 0 saturated carbocycles. The maximum atomic E-state index is 12.2. The van der Waals surface area contributed by atoms with Crippen LogP contribution in [0.3, 0.4) is 0 Å². The molecule has 1 aliphatic heterocycles. The van der Waals surface area contributed by atoms with E-state index in [1.165, 1.54) is 7.05 Å². The lowest BCUT2D eigenvalue weighted by Gasteiger charge is -2.17. The van der Waals surface area contributed by atoms with E-state index in [2.05, 4.69) is 16.0 Å². The maximum absolute atomic E-state index is 12.2. The van der Waals surface area contributed by atoms with Gasteiger partial charge >= 0.3 is 0 Å². The molecule has 3 rings (SSSR count). The summed E-state index contributed by atoms with van der Waals surface area (Å²) in [6.45, 7) is -0.187. The van der Waals surface area contributed by atoms with Crippen molar-refractivity contribution in [2.75, 3.05) is 24.3 Å². The van der Waals surface area contributed by atoms with Crippen molar-refractivity contribution in [3.63, 3.8) is 0 Å². The van der Waals surface area contributed by atoms with Crippen molar-refractivity contribution >= 4 is 29.1 Å². The molecule has 3 N–H and O–H groups in total.